The molecule has 0 amide bonds. The molecule has 5 rings (SSSR count). The molecule has 1 fully saturated rings. The number of aromatic nitrogens is 3. The van der Waals surface area contributed by atoms with Crippen LogP contribution in [0.3, 0.4) is 0 Å². The Bertz CT molecular complexity index is 1080. The van der Waals surface area contributed by atoms with Crippen LogP contribution in [0.15, 0.2) is 24.5 Å². The quantitative estimate of drug-likeness (QED) is 0.605. The van der Waals surface area contributed by atoms with E-state index in [0.29, 0.717) is 5.02 Å². The minimum Gasteiger partial charge on any atom is -0.378 e. The first-order chi connectivity index (χ1) is 14.6. The van der Waals surface area contributed by atoms with Crippen molar-refractivity contribution in [3.8, 4) is 11.3 Å². The van der Waals surface area contributed by atoms with Crippen LogP contribution >= 0.6 is 22.9 Å². The zero-order valence-corrected chi connectivity index (χ0v) is 18.8. The van der Waals surface area contributed by atoms with Crippen LogP contribution in [0.4, 0.5) is 10.9 Å². The van der Waals surface area contributed by atoms with Gasteiger partial charge in [-0.3, -0.25) is 4.98 Å². The number of nitrogens with zero attached hydrogens (tertiary/aromatic N) is 5. The molecule has 0 unspecified atom stereocenters. The van der Waals surface area contributed by atoms with E-state index in [4.69, 9.17) is 21.3 Å². The Kier molecular flexibility index (Phi) is 5.35. The molecule has 2 aliphatic heterocycles. The molecule has 2 aliphatic rings. The number of halogens is 1. The monoisotopic (exact) mass is 441 g/mol. The van der Waals surface area contributed by atoms with E-state index in [0.717, 1.165) is 79.1 Å². The number of thiazole rings is 1. The molecular formula is C22H24ClN5OS. The molecular weight excluding hydrogens is 418 g/mol. The van der Waals surface area contributed by atoms with Crippen LogP contribution in [0.2, 0.25) is 5.02 Å². The summed E-state index contributed by atoms with van der Waals surface area (Å²) in [6.07, 6.45) is 4.56. The van der Waals surface area contributed by atoms with Crippen LogP contribution in [0.1, 0.15) is 21.7 Å². The van der Waals surface area contributed by atoms with Crippen molar-refractivity contribution in [3.63, 3.8) is 0 Å². The number of anilines is 2. The van der Waals surface area contributed by atoms with Crippen molar-refractivity contribution >= 4 is 33.9 Å². The molecule has 0 N–H and O–H groups in total. The zero-order valence-electron chi connectivity index (χ0n) is 17.2. The lowest BCUT2D eigenvalue weighted by atomic mass is 10.1. The van der Waals surface area contributed by atoms with E-state index in [2.05, 4.69) is 45.7 Å². The molecule has 0 bridgehead atoms. The van der Waals surface area contributed by atoms with Gasteiger partial charge in [0.1, 0.15) is 5.82 Å². The molecule has 0 aromatic carbocycles. The molecule has 0 aliphatic carbocycles. The van der Waals surface area contributed by atoms with E-state index in [1.54, 1.807) is 17.5 Å². The zero-order chi connectivity index (χ0) is 20.7. The lowest BCUT2D eigenvalue weighted by Crippen LogP contribution is -2.36. The van der Waals surface area contributed by atoms with Gasteiger partial charge in [-0.15, -0.1) is 0 Å². The van der Waals surface area contributed by atoms with Gasteiger partial charge in [0, 0.05) is 48.9 Å². The summed E-state index contributed by atoms with van der Waals surface area (Å²) in [5.41, 5.74) is 5.34. The van der Waals surface area contributed by atoms with E-state index in [1.807, 2.05) is 6.20 Å². The molecule has 5 heterocycles. The number of morpholine rings is 1. The van der Waals surface area contributed by atoms with Gasteiger partial charge < -0.3 is 14.5 Å². The first-order valence-corrected chi connectivity index (χ1v) is 11.4. The third-order valence-electron chi connectivity index (χ3n) is 5.64. The Morgan fingerprint density at radius 3 is 2.67 bits per heavy atom. The van der Waals surface area contributed by atoms with Gasteiger partial charge in [0.2, 0.25) is 0 Å². The molecule has 156 valence electrons. The van der Waals surface area contributed by atoms with Gasteiger partial charge in [-0.25, -0.2) is 9.97 Å². The molecule has 0 radical (unpaired) electrons. The third-order valence-corrected chi connectivity index (χ3v) is 7.08. The van der Waals surface area contributed by atoms with E-state index in [-0.39, 0.29) is 0 Å². The number of rotatable bonds is 3. The lowest BCUT2D eigenvalue weighted by molar-refractivity contribution is 0.122. The summed E-state index contributed by atoms with van der Waals surface area (Å²) in [6.45, 7) is 9.24. The molecule has 6 nitrogen and oxygen atoms in total. The third kappa shape index (κ3) is 3.77. The van der Waals surface area contributed by atoms with Crippen LogP contribution in [0.25, 0.3) is 11.3 Å². The fourth-order valence-electron chi connectivity index (χ4n) is 4.05. The smallest absolute Gasteiger partial charge is 0.186 e. The summed E-state index contributed by atoms with van der Waals surface area (Å²) >= 11 is 8.31. The van der Waals surface area contributed by atoms with Gasteiger partial charge in [-0.05, 0) is 31.0 Å². The Labute approximate surface area is 185 Å². The summed E-state index contributed by atoms with van der Waals surface area (Å²) in [6, 6.07) is 4.21. The highest BCUT2D eigenvalue weighted by atomic mass is 35.5. The average Bonchev–Trinajstić information content (AvgIpc) is 3.19. The van der Waals surface area contributed by atoms with Crippen molar-refractivity contribution in [1.82, 2.24) is 15.0 Å². The van der Waals surface area contributed by atoms with E-state index >= 15 is 0 Å². The Balaban J connectivity index is 1.41. The van der Waals surface area contributed by atoms with Crippen molar-refractivity contribution in [2.45, 2.75) is 26.8 Å². The predicted octanol–water partition coefficient (Wildman–Crippen LogP) is 4.27. The molecule has 8 heteroatoms. The van der Waals surface area contributed by atoms with E-state index < -0.39 is 0 Å². The largest absolute Gasteiger partial charge is 0.378 e. The highest BCUT2D eigenvalue weighted by Crippen LogP contribution is 2.35. The number of pyridine rings is 2. The second kappa shape index (κ2) is 8.13. The van der Waals surface area contributed by atoms with Gasteiger partial charge in [-0.1, -0.05) is 29.0 Å². The summed E-state index contributed by atoms with van der Waals surface area (Å²) in [5, 5.41) is 1.75. The van der Waals surface area contributed by atoms with Gasteiger partial charge in [0.15, 0.2) is 5.13 Å². The minimum atomic E-state index is 0.628. The molecule has 1 saturated heterocycles. The molecule has 0 atom stereocenters. The van der Waals surface area contributed by atoms with Gasteiger partial charge in [-0.2, -0.15) is 0 Å². The summed E-state index contributed by atoms with van der Waals surface area (Å²) in [4.78, 5) is 20.1. The van der Waals surface area contributed by atoms with Crippen molar-refractivity contribution in [2.75, 3.05) is 42.6 Å². The lowest BCUT2D eigenvalue weighted by Gasteiger charge is -2.27. The van der Waals surface area contributed by atoms with Crippen LogP contribution < -0.4 is 9.80 Å². The molecule has 30 heavy (non-hydrogen) atoms. The first-order valence-electron chi connectivity index (χ1n) is 10.2. The Hall–Kier alpha value is -2.22. The number of ether oxygens (including phenoxy) is 1. The Morgan fingerprint density at radius 2 is 1.87 bits per heavy atom. The predicted molar refractivity (Wildman–Crippen MR) is 122 cm³/mol. The van der Waals surface area contributed by atoms with Crippen molar-refractivity contribution < 1.29 is 4.74 Å². The molecule has 3 aromatic heterocycles. The first kappa shape index (κ1) is 19.7. The molecule has 0 spiro atoms. The minimum absolute atomic E-state index is 0.628. The van der Waals surface area contributed by atoms with E-state index in [1.165, 1.54) is 10.6 Å². The second-order valence-electron chi connectivity index (χ2n) is 7.84. The van der Waals surface area contributed by atoms with Crippen molar-refractivity contribution in [3.05, 3.63) is 51.2 Å². The van der Waals surface area contributed by atoms with E-state index in [9.17, 15) is 0 Å². The normalized spacial score (nSPS) is 16.6. The van der Waals surface area contributed by atoms with Gasteiger partial charge >= 0.3 is 0 Å². The summed E-state index contributed by atoms with van der Waals surface area (Å²) in [7, 11) is 0. The SMILES string of the molecule is Cc1cnc(-c2cc(N3CCc4nc(N5CCOCC5)sc4C3)ncc2Cl)c(C)c1. The van der Waals surface area contributed by atoms with Crippen LogP contribution in [-0.2, 0) is 17.7 Å². The highest BCUT2D eigenvalue weighted by molar-refractivity contribution is 7.15. The van der Waals surface area contributed by atoms with Crippen LogP contribution in [0, 0.1) is 13.8 Å². The maximum Gasteiger partial charge on any atom is 0.186 e. The fourth-order valence-corrected chi connectivity index (χ4v) is 5.41. The number of fused-ring (bicyclic) bond motifs is 1. The van der Waals surface area contributed by atoms with Crippen LogP contribution in [0.5, 0.6) is 0 Å². The standard InChI is InChI=1S/C22H24ClN5OS/c1-14-9-15(2)21(25-11-14)16-10-20(24-12-17(16)23)28-4-3-18-19(13-28)30-22(26-18)27-5-7-29-8-6-27/h9-12H,3-8,13H2,1-2H3. The summed E-state index contributed by atoms with van der Waals surface area (Å²) < 4.78 is 5.47. The van der Waals surface area contributed by atoms with Crippen molar-refractivity contribution in [2.24, 2.45) is 0 Å². The number of hydrogen-bond acceptors (Lipinski definition) is 7. The topological polar surface area (TPSA) is 54.4 Å². The van der Waals surface area contributed by atoms with Crippen molar-refractivity contribution in [1.29, 1.82) is 0 Å². The number of hydrogen-bond donors (Lipinski definition) is 0. The maximum atomic E-state index is 6.51. The second-order valence-corrected chi connectivity index (χ2v) is 9.31. The van der Waals surface area contributed by atoms with Crippen LogP contribution in [-0.4, -0.2) is 47.8 Å². The molecule has 3 aromatic rings. The number of aryl methyl sites for hydroxylation is 2. The van der Waals surface area contributed by atoms with Gasteiger partial charge in [0.05, 0.1) is 36.2 Å². The average molecular weight is 442 g/mol. The fraction of sp³-hybridized carbons (Fsp3) is 0.409. The Morgan fingerprint density at radius 1 is 1.03 bits per heavy atom. The maximum absolute atomic E-state index is 6.51. The molecule has 0 saturated carbocycles. The highest BCUT2D eigenvalue weighted by Gasteiger charge is 2.25. The summed E-state index contributed by atoms with van der Waals surface area (Å²) in [5.74, 6) is 0.933. The van der Waals surface area contributed by atoms with Gasteiger partial charge in [0.25, 0.3) is 0 Å².